The molecule has 0 aromatic rings. The van der Waals surface area contributed by atoms with Crippen molar-refractivity contribution in [1.82, 2.24) is 10.2 Å². The first kappa shape index (κ1) is 13.5. The summed E-state index contributed by atoms with van der Waals surface area (Å²) in [5.41, 5.74) is 0. The van der Waals surface area contributed by atoms with E-state index in [2.05, 4.69) is 24.2 Å². The summed E-state index contributed by atoms with van der Waals surface area (Å²) in [4.78, 5) is 13.3. The molecule has 1 aliphatic rings. The Kier molecular flexibility index (Phi) is 5.22. The van der Waals surface area contributed by atoms with Crippen molar-refractivity contribution in [2.24, 2.45) is 0 Å². The number of nitrogens with one attached hydrogen (secondary N) is 1. The SMILES string of the molecule is CCCC(NCC(C)N(C)C1CC1)C(=O)O. The molecule has 0 aromatic carbocycles. The summed E-state index contributed by atoms with van der Waals surface area (Å²) in [6.07, 6.45) is 4.18. The van der Waals surface area contributed by atoms with Gasteiger partial charge in [0.05, 0.1) is 0 Å². The first-order valence-electron chi connectivity index (χ1n) is 6.24. The van der Waals surface area contributed by atoms with E-state index >= 15 is 0 Å². The highest BCUT2D eigenvalue weighted by molar-refractivity contribution is 5.73. The van der Waals surface area contributed by atoms with E-state index in [0.717, 1.165) is 19.0 Å². The third kappa shape index (κ3) is 4.10. The highest BCUT2D eigenvalue weighted by Crippen LogP contribution is 2.26. The molecule has 2 N–H and O–H groups in total. The van der Waals surface area contributed by atoms with Crippen LogP contribution < -0.4 is 5.32 Å². The molecular formula is C12H24N2O2. The van der Waals surface area contributed by atoms with Crippen LogP contribution in [0.3, 0.4) is 0 Å². The number of carboxylic acids is 1. The molecule has 0 aromatic heterocycles. The zero-order chi connectivity index (χ0) is 12.1. The van der Waals surface area contributed by atoms with Gasteiger partial charge in [-0.1, -0.05) is 13.3 Å². The zero-order valence-corrected chi connectivity index (χ0v) is 10.6. The van der Waals surface area contributed by atoms with Crippen molar-refractivity contribution in [2.45, 2.75) is 57.7 Å². The largest absolute Gasteiger partial charge is 0.480 e. The van der Waals surface area contributed by atoms with E-state index in [9.17, 15) is 4.79 Å². The monoisotopic (exact) mass is 228 g/mol. The second-order valence-electron chi connectivity index (χ2n) is 4.83. The van der Waals surface area contributed by atoms with E-state index in [-0.39, 0.29) is 6.04 Å². The van der Waals surface area contributed by atoms with Crippen LogP contribution in [0, 0.1) is 0 Å². The van der Waals surface area contributed by atoms with Gasteiger partial charge >= 0.3 is 5.97 Å². The maximum Gasteiger partial charge on any atom is 0.320 e. The standard InChI is InChI=1S/C12H24N2O2/c1-4-5-11(12(15)16)13-8-9(2)14(3)10-6-7-10/h9-11,13H,4-8H2,1-3H3,(H,15,16). The Labute approximate surface area is 98.0 Å². The van der Waals surface area contributed by atoms with Crippen LogP contribution in [0.15, 0.2) is 0 Å². The number of hydrogen-bond acceptors (Lipinski definition) is 3. The molecule has 0 radical (unpaired) electrons. The van der Waals surface area contributed by atoms with Crippen LogP contribution >= 0.6 is 0 Å². The molecule has 0 bridgehead atoms. The number of carbonyl (C=O) groups is 1. The molecule has 4 nitrogen and oxygen atoms in total. The van der Waals surface area contributed by atoms with Crippen LogP contribution in [-0.2, 0) is 4.79 Å². The Morgan fingerprint density at radius 1 is 1.56 bits per heavy atom. The Bertz CT molecular complexity index is 229. The summed E-state index contributed by atoms with van der Waals surface area (Å²) in [5, 5.41) is 12.1. The number of likely N-dealkylation sites (N-methyl/N-ethyl adjacent to an activating group) is 1. The van der Waals surface area contributed by atoms with Crippen LogP contribution in [0.1, 0.15) is 39.5 Å². The van der Waals surface area contributed by atoms with Crippen LogP contribution in [0.4, 0.5) is 0 Å². The summed E-state index contributed by atoms with van der Waals surface area (Å²) in [5.74, 6) is -0.733. The predicted molar refractivity (Wildman–Crippen MR) is 64.6 cm³/mol. The number of hydrogen-bond donors (Lipinski definition) is 2. The second kappa shape index (κ2) is 6.21. The fraction of sp³-hybridized carbons (Fsp3) is 0.917. The zero-order valence-electron chi connectivity index (χ0n) is 10.6. The maximum atomic E-state index is 10.9. The van der Waals surface area contributed by atoms with Crippen LogP contribution in [0.2, 0.25) is 0 Å². The van der Waals surface area contributed by atoms with Crippen LogP contribution in [-0.4, -0.2) is 47.7 Å². The molecule has 0 spiro atoms. The number of nitrogens with zero attached hydrogens (tertiary/aromatic N) is 1. The number of carboxylic acid groups (broad SMARTS) is 1. The van der Waals surface area contributed by atoms with Crippen molar-refractivity contribution >= 4 is 5.97 Å². The van der Waals surface area contributed by atoms with E-state index in [4.69, 9.17) is 5.11 Å². The lowest BCUT2D eigenvalue weighted by molar-refractivity contribution is -0.139. The van der Waals surface area contributed by atoms with Gasteiger partial charge in [0.2, 0.25) is 0 Å². The van der Waals surface area contributed by atoms with Crippen molar-refractivity contribution in [2.75, 3.05) is 13.6 Å². The summed E-state index contributed by atoms with van der Waals surface area (Å²) in [6, 6.07) is 0.748. The average molecular weight is 228 g/mol. The fourth-order valence-corrected chi connectivity index (χ4v) is 1.90. The fourth-order valence-electron chi connectivity index (χ4n) is 1.90. The Morgan fingerprint density at radius 2 is 2.19 bits per heavy atom. The summed E-state index contributed by atoms with van der Waals surface area (Å²) < 4.78 is 0. The van der Waals surface area contributed by atoms with Crippen LogP contribution in [0.5, 0.6) is 0 Å². The van der Waals surface area contributed by atoms with E-state index in [1.807, 2.05) is 6.92 Å². The van der Waals surface area contributed by atoms with Crippen molar-refractivity contribution < 1.29 is 9.90 Å². The molecule has 0 heterocycles. The molecule has 0 saturated heterocycles. The first-order valence-corrected chi connectivity index (χ1v) is 6.24. The van der Waals surface area contributed by atoms with E-state index in [1.54, 1.807) is 0 Å². The van der Waals surface area contributed by atoms with Gasteiger partial charge in [-0.25, -0.2) is 0 Å². The lowest BCUT2D eigenvalue weighted by Gasteiger charge is -2.26. The average Bonchev–Trinajstić information content (AvgIpc) is 3.05. The van der Waals surface area contributed by atoms with Gasteiger partial charge in [0, 0.05) is 18.6 Å². The Hall–Kier alpha value is -0.610. The molecule has 2 atom stereocenters. The van der Waals surface area contributed by atoms with Crippen molar-refractivity contribution in [3.05, 3.63) is 0 Å². The van der Waals surface area contributed by atoms with E-state index in [1.165, 1.54) is 12.8 Å². The molecule has 0 aliphatic heterocycles. The second-order valence-corrected chi connectivity index (χ2v) is 4.83. The lowest BCUT2D eigenvalue weighted by atomic mass is 10.1. The maximum absolute atomic E-state index is 10.9. The molecular weight excluding hydrogens is 204 g/mol. The van der Waals surface area contributed by atoms with Gasteiger partial charge in [-0.3, -0.25) is 9.69 Å². The minimum absolute atomic E-state index is 0.389. The van der Waals surface area contributed by atoms with Crippen LogP contribution in [0.25, 0.3) is 0 Å². The molecule has 1 fully saturated rings. The molecule has 1 saturated carbocycles. The van der Waals surface area contributed by atoms with Crippen molar-refractivity contribution in [1.29, 1.82) is 0 Å². The molecule has 1 aliphatic carbocycles. The lowest BCUT2D eigenvalue weighted by Crippen LogP contribution is -2.45. The van der Waals surface area contributed by atoms with Gasteiger partial charge in [-0.05, 0) is 33.2 Å². The molecule has 2 unspecified atom stereocenters. The molecule has 4 heteroatoms. The Morgan fingerprint density at radius 3 is 2.62 bits per heavy atom. The minimum Gasteiger partial charge on any atom is -0.480 e. The number of aliphatic carboxylic acids is 1. The highest BCUT2D eigenvalue weighted by atomic mass is 16.4. The molecule has 16 heavy (non-hydrogen) atoms. The van der Waals surface area contributed by atoms with Crippen molar-refractivity contribution in [3.8, 4) is 0 Å². The van der Waals surface area contributed by atoms with Gasteiger partial charge in [-0.15, -0.1) is 0 Å². The summed E-state index contributed by atoms with van der Waals surface area (Å²) in [7, 11) is 2.12. The minimum atomic E-state index is -0.733. The summed E-state index contributed by atoms with van der Waals surface area (Å²) in [6.45, 7) is 4.91. The van der Waals surface area contributed by atoms with Gasteiger partial charge in [0.15, 0.2) is 0 Å². The van der Waals surface area contributed by atoms with E-state index in [0.29, 0.717) is 12.5 Å². The molecule has 1 rings (SSSR count). The molecule has 0 amide bonds. The normalized spacial score (nSPS) is 19.8. The van der Waals surface area contributed by atoms with Gasteiger partial charge < -0.3 is 10.4 Å². The van der Waals surface area contributed by atoms with Gasteiger partial charge in [0.1, 0.15) is 6.04 Å². The Balaban J connectivity index is 2.27. The first-order chi connectivity index (χ1) is 7.56. The third-order valence-corrected chi connectivity index (χ3v) is 3.35. The predicted octanol–water partition coefficient (Wildman–Crippen LogP) is 1.31. The third-order valence-electron chi connectivity index (χ3n) is 3.35. The summed E-state index contributed by atoms with van der Waals surface area (Å²) >= 11 is 0. The quantitative estimate of drug-likeness (QED) is 0.658. The highest BCUT2D eigenvalue weighted by Gasteiger charge is 2.29. The topological polar surface area (TPSA) is 52.6 Å². The van der Waals surface area contributed by atoms with Gasteiger partial charge in [-0.2, -0.15) is 0 Å². The van der Waals surface area contributed by atoms with Crippen molar-refractivity contribution in [3.63, 3.8) is 0 Å². The van der Waals surface area contributed by atoms with E-state index < -0.39 is 5.97 Å². The number of rotatable bonds is 8. The smallest absolute Gasteiger partial charge is 0.320 e. The molecule has 94 valence electrons. The van der Waals surface area contributed by atoms with Gasteiger partial charge in [0.25, 0.3) is 0 Å².